The summed E-state index contributed by atoms with van der Waals surface area (Å²) in [6, 6.07) is 0. The zero-order valence-corrected chi connectivity index (χ0v) is 8.78. The standard InChI is InChI=1S/C7H16ClNSi/c1-5-9(6-2)10(4,8)7-3/h7H,3,5-6H2,1-2,4H3. The summed E-state index contributed by atoms with van der Waals surface area (Å²) in [5, 5.41) is 0. The van der Waals surface area contributed by atoms with Gasteiger partial charge in [-0.2, -0.15) is 0 Å². The van der Waals surface area contributed by atoms with Crippen LogP contribution in [0, 0.1) is 0 Å². The van der Waals surface area contributed by atoms with Crippen molar-refractivity contribution in [2.45, 2.75) is 20.4 Å². The van der Waals surface area contributed by atoms with Gasteiger partial charge in [0.25, 0.3) is 0 Å². The van der Waals surface area contributed by atoms with Crippen LogP contribution in [0.15, 0.2) is 12.3 Å². The lowest BCUT2D eigenvalue weighted by molar-refractivity contribution is 0.482. The van der Waals surface area contributed by atoms with Gasteiger partial charge in [-0.15, -0.1) is 17.7 Å². The van der Waals surface area contributed by atoms with Gasteiger partial charge in [0.05, 0.1) is 0 Å². The molecule has 10 heavy (non-hydrogen) atoms. The fourth-order valence-corrected chi connectivity index (χ4v) is 3.18. The molecule has 0 aliphatic rings. The van der Waals surface area contributed by atoms with Crippen molar-refractivity contribution in [3.05, 3.63) is 12.3 Å². The summed E-state index contributed by atoms with van der Waals surface area (Å²) < 4.78 is 2.28. The van der Waals surface area contributed by atoms with E-state index in [4.69, 9.17) is 11.1 Å². The Morgan fingerprint density at radius 2 is 1.90 bits per heavy atom. The van der Waals surface area contributed by atoms with Crippen molar-refractivity contribution >= 4 is 18.6 Å². The van der Waals surface area contributed by atoms with Crippen LogP contribution < -0.4 is 0 Å². The highest BCUT2D eigenvalue weighted by Gasteiger charge is 2.26. The molecular formula is C7H16ClNSi. The molecule has 0 N–H and O–H groups in total. The first-order valence-corrected chi connectivity index (χ1v) is 7.19. The topological polar surface area (TPSA) is 3.24 Å². The Kier molecular flexibility index (Phi) is 4.25. The van der Waals surface area contributed by atoms with Crippen LogP contribution >= 0.6 is 11.1 Å². The lowest BCUT2D eigenvalue weighted by Gasteiger charge is -2.29. The Labute approximate surface area is 69.5 Å². The lowest BCUT2D eigenvalue weighted by Crippen LogP contribution is -2.44. The molecule has 0 aromatic carbocycles. The van der Waals surface area contributed by atoms with E-state index in [-0.39, 0.29) is 0 Å². The van der Waals surface area contributed by atoms with Gasteiger partial charge in [0.15, 0.2) is 0 Å². The van der Waals surface area contributed by atoms with Crippen LogP contribution in [0.3, 0.4) is 0 Å². The molecule has 0 aliphatic carbocycles. The van der Waals surface area contributed by atoms with E-state index >= 15 is 0 Å². The maximum atomic E-state index is 6.23. The van der Waals surface area contributed by atoms with E-state index in [1.165, 1.54) is 0 Å². The second-order valence-corrected chi connectivity index (χ2v) is 7.78. The quantitative estimate of drug-likeness (QED) is 0.471. The summed E-state index contributed by atoms with van der Waals surface area (Å²) in [5.74, 6) is 0. The molecule has 1 nitrogen and oxygen atoms in total. The minimum Gasteiger partial charge on any atom is -0.309 e. The van der Waals surface area contributed by atoms with E-state index < -0.39 is 7.55 Å². The Balaban J connectivity index is 4.10. The zero-order valence-electron chi connectivity index (χ0n) is 7.02. The monoisotopic (exact) mass is 177 g/mol. The third kappa shape index (κ3) is 2.44. The summed E-state index contributed by atoms with van der Waals surface area (Å²) in [6.45, 7) is 12.1. The molecule has 0 spiro atoms. The molecule has 0 heterocycles. The van der Waals surface area contributed by atoms with Crippen LogP contribution in [0.5, 0.6) is 0 Å². The van der Waals surface area contributed by atoms with Gasteiger partial charge < -0.3 is 4.57 Å². The predicted molar refractivity (Wildman–Crippen MR) is 50.6 cm³/mol. The second kappa shape index (κ2) is 4.16. The summed E-state index contributed by atoms with van der Waals surface area (Å²) in [6.07, 6.45) is 0. The molecule has 0 radical (unpaired) electrons. The van der Waals surface area contributed by atoms with E-state index in [1.54, 1.807) is 0 Å². The maximum absolute atomic E-state index is 6.23. The van der Waals surface area contributed by atoms with Crippen LogP contribution in [0.2, 0.25) is 6.55 Å². The molecule has 1 atom stereocenters. The van der Waals surface area contributed by atoms with Crippen molar-refractivity contribution in [3.63, 3.8) is 0 Å². The molecule has 1 unspecified atom stereocenters. The highest BCUT2D eigenvalue weighted by molar-refractivity contribution is 7.20. The molecule has 0 saturated heterocycles. The van der Waals surface area contributed by atoms with Gasteiger partial charge in [0, 0.05) is 0 Å². The van der Waals surface area contributed by atoms with Crippen molar-refractivity contribution in [1.29, 1.82) is 0 Å². The molecule has 0 aromatic rings. The van der Waals surface area contributed by atoms with Crippen LogP contribution in [0.1, 0.15) is 13.8 Å². The summed E-state index contributed by atoms with van der Waals surface area (Å²) in [5.41, 5.74) is 1.90. The first-order chi connectivity index (χ1) is 4.58. The van der Waals surface area contributed by atoms with E-state index in [0.717, 1.165) is 13.1 Å². The van der Waals surface area contributed by atoms with Crippen LogP contribution in [0.4, 0.5) is 0 Å². The molecule has 0 saturated carbocycles. The van der Waals surface area contributed by atoms with Crippen molar-refractivity contribution < 1.29 is 0 Å². The summed E-state index contributed by atoms with van der Waals surface area (Å²) >= 11 is 6.23. The molecule has 60 valence electrons. The third-order valence-electron chi connectivity index (χ3n) is 1.75. The number of halogens is 1. The largest absolute Gasteiger partial charge is 0.309 e. The van der Waals surface area contributed by atoms with Crippen molar-refractivity contribution in [2.75, 3.05) is 13.1 Å². The first-order valence-electron chi connectivity index (χ1n) is 3.66. The molecule has 0 bridgehead atoms. The van der Waals surface area contributed by atoms with Gasteiger partial charge in [-0.1, -0.05) is 19.5 Å². The average Bonchev–Trinajstić information content (AvgIpc) is 1.90. The van der Waals surface area contributed by atoms with E-state index in [9.17, 15) is 0 Å². The number of hydrogen-bond donors (Lipinski definition) is 0. The Morgan fingerprint density at radius 1 is 1.50 bits per heavy atom. The normalized spacial score (nSPS) is 16.9. The highest BCUT2D eigenvalue weighted by atomic mass is 35.6. The summed E-state index contributed by atoms with van der Waals surface area (Å²) in [7, 11) is -1.74. The van der Waals surface area contributed by atoms with Crippen molar-refractivity contribution in [3.8, 4) is 0 Å². The smallest absolute Gasteiger partial charge is 0.249 e. The number of rotatable bonds is 4. The summed E-state index contributed by atoms with van der Waals surface area (Å²) in [4.78, 5) is 0. The van der Waals surface area contributed by atoms with Crippen molar-refractivity contribution in [2.24, 2.45) is 0 Å². The van der Waals surface area contributed by atoms with Gasteiger partial charge in [-0.05, 0) is 19.6 Å². The fourth-order valence-electron chi connectivity index (χ4n) is 0.971. The van der Waals surface area contributed by atoms with Crippen LogP contribution in [0.25, 0.3) is 0 Å². The van der Waals surface area contributed by atoms with E-state index in [1.807, 2.05) is 5.70 Å². The highest BCUT2D eigenvalue weighted by Crippen LogP contribution is 2.14. The molecular weight excluding hydrogens is 162 g/mol. The molecule has 0 aromatic heterocycles. The average molecular weight is 178 g/mol. The molecule has 3 heteroatoms. The van der Waals surface area contributed by atoms with Crippen LogP contribution in [-0.4, -0.2) is 25.2 Å². The molecule has 0 aliphatic heterocycles. The number of nitrogens with zero attached hydrogens (tertiary/aromatic N) is 1. The van der Waals surface area contributed by atoms with E-state index in [0.29, 0.717) is 0 Å². The molecule has 0 fully saturated rings. The zero-order chi connectivity index (χ0) is 8.20. The third-order valence-corrected chi connectivity index (χ3v) is 5.55. The van der Waals surface area contributed by atoms with Crippen molar-refractivity contribution in [1.82, 2.24) is 4.57 Å². The molecule has 0 rings (SSSR count). The second-order valence-electron chi connectivity index (χ2n) is 2.40. The van der Waals surface area contributed by atoms with Gasteiger partial charge >= 0.3 is 0 Å². The van der Waals surface area contributed by atoms with E-state index in [2.05, 4.69) is 31.5 Å². The predicted octanol–water partition coefficient (Wildman–Crippen LogP) is 2.36. The lowest BCUT2D eigenvalue weighted by atomic mass is 10.7. The van der Waals surface area contributed by atoms with Gasteiger partial charge in [0.2, 0.25) is 7.55 Å². The fraction of sp³-hybridized carbons (Fsp3) is 0.714. The first kappa shape index (κ1) is 10.2. The van der Waals surface area contributed by atoms with Gasteiger partial charge in [0.1, 0.15) is 0 Å². The maximum Gasteiger partial charge on any atom is 0.249 e. The molecule has 0 amide bonds. The van der Waals surface area contributed by atoms with Crippen LogP contribution in [-0.2, 0) is 0 Å². The Bertz CT molecular complexity index is 110. The van der Waals surface area contributed by atoms with Gasteiger partial charge in [-0.25, -0.2) is 0 Å². The Morgan fingerprint density at radius 3 is 2.00 bits per heavy atom. The minimum absolute atomic E-state index is 1.02. The van der Waals surface area contributed by atoms with Gasteiger partial charge in [-0.3, -0.25) is 0 Å². The SMILES string of the molecule is C=C[Si](C)(Cl)N(CC)CC. The minimum atomic E-state index is -1.74. The Hall–Kier alpha value is 0.207. The number of hydrogen-bond acceptors (Lipinski definition) is 1.